The number of imide groups is 1. The molecule has 0 aromatic heterocycles. The highest BCUT2D eigenvalue weighted by Gasteiger charge is 2.51. The molecule has 3 rings (SSSR count). The van der Waals surface area contributed by atoms with Gasteiger partial charge >= 0.3 is 6.03 Å². The first-order chi connectivity index (χ1) is 11.9. The highest BCUT2D eigenvalue weighted by atomic mass is 19.1. The Morgan fingerprint density at radius 2 is 1.96 bits per heavy atom. The minimum atomic E-state index is -0.842. The molecule has 2 heterocycles. The average molecular weight is 348 g/mol. The molecule has 7 nitrogen and oxygen atoms in total. The van der Waals surface area contributed by atoms with Crippen LogP contribution in [0.3, 0.4) is 0 Å². The number of hydrogen-bond acceptors (Lipinski definition) is 4. The van der Waals surface area contributed by atoms with E-state index in [-0.39, 0.29) is 30.1 Å². The smallest absolute Gasteiger partial charge is 0.323 e. The molecule has 0 saturated carbocycles. The van der Waals surface area contributed by atoms with Crippen LogP contribution in [0.5, 0.6) is 0 Å². The van der Waals surface area contributed by atoms with Gasteiger partial charge in [0, 0.05) is 19.6 Å². The highest BCUT2D eigenvalue weighted by molar-refractivity contribution is 6.07. The predicted octanol–water partition coefficient (Wildman–Crippen LogP) is 1.17. The van der Waals surface area contributed by atoms with E-state index in [0.717, 1.165) is 0 Å². The first-order valence-electron chi connectivity index (χ1n) is 8.36. The number of anilines is 1. The summed E-state index contributed by atoms with van der Waals surface area (Å²) in [7, 11) is 0. The van der Waals surface area contributed by atoms with Crippen molar-refractivity contribution in [2.75, 3.05) is 31.5 Å². The predicted molar refractivity (Wildman–Crippen MR) is 89.4 cm³/mol. The van der Waals surface area contributed by atoms with Crippen molar-refractivity contribution >= 4 is 23.5 Å². The number of carbonyl (C=O) groups is 3. The van der Waals surface area contributed by atoms with Crippen molar-refractivity contribution in [1.82, 2.24) is 15.1 Å². The van der Waals surface area contributed by atoms with Crippen LogP contribution in [-0.4, -0.2) is 59.4 Å². The van der Waals surface area contributed by atoms with Gasteiger partial charge in [-0.25, -0.2) is 9.18 Å². The summed E-state index contributed by atoms with van der Waals surface area (Å²) in [5.41, 5.74) is -0.691. The van der Waals surface area contributed by atoms with Gasteiger partial charge in [0.25, 0.3) is 5.91 Å². The summed E-state index contributed by atoms with van der Waals surface area (Å²) in [4.78, 5) is 39.5. The van der Waals surface area contributed by atoms with Crippen LogP contribution >= 0.6 is 0 Å². The van der Waals surface area contributed by atoms with Crippen molar-refractivity contribution in [3.8, 4) is 0 Å². The van der Waals surface area contributed by atoms with E-state index >= 15 is 0 Å². The van der Waals surface area contributed by atoms with E-state index in [4.69, 9.17) is 0 Å². The van der Waals surface area contributed by atoms with Crippen LogP contribution in [0.2, 0.25) is 0 Å². The van der Waals surface area contributed by atoms with E-state index in [1.165, 1.54) is 17.0 Å². The third-order valence-electron chi connectivity index (χ3n) is 4.79. The molecule has 1 aromatic rings. The van der Waals surface area contributed by atoms with Gasteiger partial charge in [-0.3, -0.25) is 19.4 Å². The number of likely N-dealkylation sites (tertiary alicyclic amines) is 1. The van der Waals surface area contributed by atoms with Crippen molar-refractivity contribution in [3.05, 3.63) is 30.1 Å². The zero-order valence-corrected chi connectivity index (χ0v) is 14.0. The van der Waals surface area contributed by atoms with Gasteiger partial charge in [0.2, 0.25) is 5.91 Å². The van der Waals surface area contributed by atoms with E-state index in [9.17, 15) is 18.8 Å². The number of nitrogens with one attached hydrogen (secondary N) is 2. The van der Waals surface area contributed by atoms with Crippen LogP contribution in [0.15, 0.2) is 24.3 Å². The van der Waals surface area contributed by atoms with Crippen LogP contribution < -0.4 is 10.6 Å². The van der Waals surface area contributed by atoms with Crippen LogP contribution in [-0.2, 0) is 9.59 Å². The quantitative estimate of drug-likeness (QED) is 0.801. The summed E-state index contributed by atoms with van der Waals surface area (Å²) < 4.78 is 13.6. The molecule has 2 aliphatic heterocycles. The summed E-state index contributed by atoms with van der Waals surface area (Å²) in [6, 6.07) is 5.65. The molecule has 2 aliphatic rings. The molecule has 134 valence electrons. The molecule has 0 bridgehead atoms. The van der Waals surface area contributed by atoms with Crippen LogP contribution in [0.1, 0.15) is 19.8 Å². The zero-order chi connectivity index (χ0) is 18.0. The van der Waals surface area contributed by atoms with E-state index in [1.54, 1.807) is 19.1 Å². The minimum Gasteiger partial charge on any atom is -0.323 e. The average Bonchev–Trinajstić information content (AvgIpc) is 2.82. The molecule has 0 atom stereocenters. The second-order valence-electron chi connectivity index (χ2n) is 6.37. The molecule has 8 heteroatoms. The number of halogens is 1. The molecule has 2 fully saturated rings. The number of benzene rings is 1. The monoisotopic (exact) mass is 348 g/mol. The largest absolute Gasteiger partial charge is 0.325 e. The summed E-state index contributed by atoms with van der Waals surface area (Å²) in [5, 5.41) is 5.35. The molecular formula is C17H21FN4O3. The number of para-hydroxylation sites is 1. The molecule has 1 spiro atoms. The second-order valence-corrected chi connectivity index (χ2v) is 6.37. The normalized spacial score (nSPS) is 20.0. The van der Waals surface area contributed by atoms with Crippen molar-refractivity contribution in [3.63, 3.8) is 0 Å². The van der Waals surface area contributed by atoms with Crippen molar-refractivity contribution in [1.29, 1.82) is 0 Å². The first kappa shape index (κ1) is 17.3. The van der Waals surface area contributed by atoms with Gasteiger partial charge in [0.1, 0.15) is 11.4 Å². The summed E-state index contributed by atoms with van der Waals surface area (Å²) in [6.45, 7) is 3.24. The van der Waals surface area contributed by atoms with E-state index in [0.29, 0.717) is 32.5 Å². The standard InChI is InChI=1S/C17H21FN4O3/c1-2-22-15(24)17(20-16(22)25)7-9-21(10-8-17)11-14(23)19-13-6-4-3-5-12(13)18/h3-6H,2,7-11H2,1H3,(H,19,23)(H,20,25). The number of piperidine rings is 1. The highest BCUT2D eigenvalue weighted by Crippen LogP contribution is 2.29. The number of rotatable bonds is 4. The number of nitrogens with zero attached hydrogens (tertiary/aromatic N) is 2. The lowest BCUT2D eigenvalue weighted by Gasteiger charge is -2.36. The lowest BCUT2D eigenvalue weighted by molar-refractivity contribution is -0.132. The lowest BCUT2D eigenvalue weighted by Crippen LogP contribution is -2.55. The topological polar surface area (TPSA) is 81.8 Å². The maximum Gasteiger partial charge on any atom is 0.325 e. The Balaban J connectivity index is 1.55. The zero-order valence-electron chi connectivity index (χ0n) is 14.0. The molecule has 4 amide bonds. The van der Waals surface area contributed by atoms with Crippen molar-refractivity contribution in [2.24, 2.45) is 0 Å². The fourth-order valence-corrected chi connectivity index (χ4v) is 3.35. The molecule has 1 aromatic carbocycles. The minimum absolute atomic E-state index is 0.115. The van der Waals surface area contributed by atoms with E-state index < -0.39 is 11.4 Å². The van der Waals surface area contributed by atoms with Gasteiger partial charge < -0.3 is 10.6 Å². The number of likely N-dealkylation sites (N-methyl/N-ethyl adjacent to an activating group) is 1. The Kier molecular flexibility index (Phi) is 4.71. The molecule has 0 radical (unpaired) electrons. The third-order valence-corrected chi connectivity index (χ3v) is 4.79. The van der Waals surface area contributed by atoms with Crippen molar-refractivity contribution in [2.45, 2.75) is 25.3 Å². The fourth-order valence-electron chi connectivity index (χ4n) is 3.35. The second kappa shape index (κ2) is 6.79. The molecule has 2 N–H and O–H groups in total. The third kappa shape index (κ3) is 3.34. The van der Waals surface area contributed by atoms with Crippen LogP contribution in [0.25, 0.3) is 0 Å². The maximum absolute atomic E-state index is 13.6. The maximum atomic E-state index is 13.6. The Morgan fingerprint density at radius 3 is 2.56 bits per heavy atom. The SMILES string of the molecule is CCN1C(=O)NC2(CCN(CC(=O)Nc3ccccc3F)CC2)C1=O. The van der Waals surface area contributed by atoms with Gasteiger partial charge in [-0.2, -0.15) is 0 Å². The molecule has 2 saturated heterocycles. The van der Waals surface area contributed by atoms with Crippen molar-refractivity contribution < 1.29 is 18.8 Å². The fraction of sp³-hybridized carbons (Fsp3) is 0.471. The molecule has 0 unspecified atom stereocenters. The van der Waals surface area contributed by atoms with Gasteiger partial charge in [0.05, 0.1) is 12.2 Å². The Bertz CT molecular complexity index is 701. The number of urea groups is 1. The Hall–Kier alpha value is -2.48. The van der Waals surface area contributed by atoms with Gasteiger partial charge in [0.15, 0.2) is 0 Å². The van der Waals surface area contributed by atoms with Crippen LogP contribution in [0.4, 0.5) is 14.9 Å². The van der Waals surface area contributed by atoms with E-state index in [1.807, 2.05) is 4.90 Å². The lowest BCUT2D eigenvalue weighted by atomic mass is 9.87. The Morgan fingerprint density at radius 1 is 1.28 bits per heavy atom. The van der Waals surface area contributed by atoms with Gasteiger partial charge in [-0.05, 0) is 31.9 Å². The molecule has 0 aliphatic carbocycles. The van der Waals surface area contributed by atoms with Gasteiger partial charge in [-0.1, -0.05) is 12.1 Å². The Labute approximate surface area is 145 Å². The summed E-state index contributed by atoms with van der Waals surface area (Å²) in [6.07, 6.45) is 0.919. The summed E-state index contributed by atoms with van der Waals surface area (Å²) in [5.74, 6) is -0.971. The first-order valence-corrected chi connectivity index (χ1v) is 8.36. The molecular weight excluding hydrogens is 327 g/mol. The number of carbonyl (C=O) groups excluding carboxylic acids is 3. The van der Waals surface area contributed by atoms with Crippen LogP contribution in [0, 0.1) is 5.82 Å². The number of hydrogen-bond donors (Lipinski definition) is 2. The van der Waals surface area contributed by atoms with Gasteiger partial charge in [-0.15, -0.1) is 0 Å². The summed E-state index contributed by atoms with van der Waals surface area (Å²) >= 11 is 0. The molecule has 25 heavy (non-hydrogen) atoms. The number of amides is 4. The van der Waals surface area contributed by atoms with E-state index in [2.05, 4.69) is 10.6 Å².